The number of amides is 1. The molecule has 0 bridgehead atoms. The maximum atomic E-state index is 12.9. The average Bonchev–Trinajstić information content (AvgIpc) is 2.57. The van der Waals surface area contributed by atoms with E-state index in [0.717, 1.165) is 30.1 Å². The fourth-order valence-corrected chi connectivity index (χ4v) is 3.05. The first kappa shape index (κ1) is 17.4. The number of carbonyl (C=O) groups is 1. The summed E-state index contributed by atoms with van der Waals surface area (Å²) in [6.45, 7) is 6.58. The molecular weight excluding hydrogens is 319 g/mol. The van der Waals surface area contributed by atoms with Gasteiger partial charge in [-0.15, -0.1) is 0 Å². The lowest BCUT2D eigenvalue weighted by atomic mass is 10.0. The molecule has 0 spiro atoms. The van der Waals surface area contributed by atoms with E-state index in [0.29, 0.717) is 6.61 Å². The van der Waals surface area contributed by atoms with Gasteiger partial charge in [0.05, 0.1) is 25.2 Å². The van der Waals surface area contributed by atoms with Crippen molar-refractivity contribution in [2.24, 2.45) is 0 Å². The van der Waals surface area contributed by atoms with Crippen molar-refractivity contribution in [3.8, 4) is 0 Å². The van der Waals surface area contributed by atoms with Gasteiger partial charge in [-0.05, 0) is 55.8 Å². The maximum absolute atomic E-state index is 12.9. The van der Waals surface area contributed by atoms with Gasteiger partial charge in [0.25, 0.3) is 0 Å². The van der Waals surface area contributed by atoms with Crippen molar-refractivity contribution in [2.45, 2.75) is 25.8 Å². The zero-order valence-corrected chi connectivity index (χ0v) is 14.6. The van der Waals surface area contributed by atoms with Crippen molar-refractivity contribution in [3.05, 3.63) is 59.9 Å². The topological polar surface area (TPSA) is 41.6 Å². The molecule has 1 heterocycles. The van der Waals surface area contributed by atoms with Crippen LogP contribution in [0.25, 0.3) is 0 Å². The molecule has 25 heavy (non-hydrogen) atoms. The number of rotatable bonds is 4. The maximum Gasteiger partial charge on any atom is 0.228 e. The lowest BCUT2D eigenvalue weighted by Crippen LogP contribution is -2.53. The van der Waals surface area contributed by atoms with Crippen LogP contribution in [0, 0.1) is 5.82 Å². The summed E-state index contributed by atoms with van der Waals surface area (Å²) in [5, 5.41) is 2.88. The quantitative estimate of drug-likeness (QED) is 0.923. The van der Waals surface area contributed by atoms with Gasteiger partial charge in [-0.3, -0.25) is 4.79 Å². The van der Waals surface area contributed by atoms with Gasteiger partial charge in [0.2, 0.25) is 5.91 Å². The molecule has 1 amide bonds. The van der Waals surface area contributed by atoms with Gasteiger partial charge in [0, 0.05) is 17.9 Å². The van der Waals surface area contributed by atoms with Crippen LogP contribution in [0.15, 0.2) is 48.5 Å². The first-order chi connectivity index (χ1) is 11.9. The second-order valence-electron chi connectivity index (χ2n) is 6.91. The Labute approximate surface area is 147 Å². The Morgan fingerprint density at radius 2 is 1.84 bits per heavy atom. The lowest BCUT2D eigenvalue weighted by molar-refractivity contribution is -0.115. The van der Waals surface area contributed by atoms with Crippen molar-refractivity contribution in [2.75, 3.05) is 30.0 Å². The van der Waals surface area contributed by atoms with Crippen LogP contribution in [0.4, 0.5) is 15.8 Å². The SMILES string of the molecule is CC1(C)COCCN1c1ccc(NC(=O)Cc2ccc(F)cc2)cc1. The van der Waals surface area contributed by atoms with Crippen LogP contribution >= 0.6 is 0 Å². The number of halogens is 1. The van der Waals surface area contributed by atoms with E-state index in [2.05, 4.69) is 24.1 Å². The number of hydrogen-bond acceptors (Lipinski definition) is 3. The molecule has 2 aromatic rings. The van der Waals surface area contributed by atoms with Crippen LogP contribution in [-0.4, -0.2) is 31.2 Å². The van der Waals surface area contributed by atoms with E-state index in [1.54, 1.807) is 12.1 Å². The highest BCUT2D eigenvalue weighted by Gasteiger charge is 2.30. The smallest absolute Gasteiger partial charge is 0.228 e. The molecule has 3 rings (SSSR count). The number of nitrogens with zero attached hydrogens (tertiary/aromatic N) is 1. The molecule has 1 N–H and O–H groups in total. The minimum absolute atomic E-state index is 0.0500. The summed E-state index contributed by atoms with van der Waals surface area (Å²) in [6, 6.07) is 13.8. The molecule has 0 unspecified atom stereocenters. The van der Waals surface area contributed by atoms with Gasteiger partial charge in [-0.25, -0.2) is 4.39 Å². The molecule has 1 fully saturated rings. The zero-order chi connectivity index (χ0) is 17.9. The monoisotopic (exact) mass is 342 g/mol. The molecule has 4 nitrogen and oxygen atoms in total. The summed E-state index contributed by atoms with van der Waals surface area (Å²) in [6.07, 6.45) is 0.221. The molecule has 5 heteroatoms. The summed E-state index contributed by atoms with van der Waals surface area (Å²) < 4.78 is 18.5. The Morgan fingerprint density at radius 1 is 1.16 bits per heavy atom. The van der Waals surface area contributed by atoms with Crippen LogP contribution in [0.1, 0.15) is 19.4 Å². The van der Waals surface area contributed by atoms with Crippen LogP contribution in [-0.2, 0) is 16.0 Å². The summed E-state index contributed by atoms with van der Waals surface area (Å²) in [7, 11) is 0. The van der Waals surface area contributed by atoms with Gasteiger partial charge in [0.15, 0.2) is 0 Å². The largest absolute Gasteiger partial charge is 0.377 e. The summed E-state index contributed by atoms with van der Waals surface area (Å²) >= 11 is 0. The second-order valence-corrected chi connectivity index (χ2v) is 6.91. The minimum Gasteiger partial charge on any atom is -0.377 e. The Bertz CT molecular complexity index is 726. The van der Waals surface area contributed by atoms with E-state index >= 15 is 0 Å². The van der Waals surface area contributed by atoms with Crippen LogP contribution < -0.4 is 10.2 Å². The molecule has 0 atom stereocenters. The highest BCUT2D eigenvalue weighted by molar-refractivity contribution is 5.92. The van der Waals surface area contributed by atoms with Crippen molar-refractivity contribution in [3.63, 3.8) is 0 Å². The summed E-state index contributed by atoms with van der Waals surface area (Å²) in [4.78, 5) is 14.4. The van der Waals surface area contributed by atoms with Crippen molar-refractivity contribution in [1.29, 1.82) is 0 Å². The molecule has 0 saturated carbocycles. The molecular formula is C20H23FN2O2. The van der Waals surface area contributed by atoms with E-state index in [-0.39, 0.29) is 23.7 Å². The third-order valence-corrected chi connectivity index (χ3v) is 4.39. The summed E-state index contributed by atoms with van der Waals surface area (Å²) in [5.74, 6) is -0.420. The number of nitrogens with one attached hydrogen (secondary N) is 1. The summed E-state index contributed by atoms with van der Waals surface area (Å²) in [5.41, 5.74) is 2.60. The number of carbonyl (C=O) groups excluding carboxylic acids is 1. The minimum atomic E-state index is -0.300. The first-order valence-corrected chi connectivity index (χ1v) is 8.44. The Morgan fingerprint density at radius 3 is 2.48 bits per heavy atom. The van der Waals surface area contributed by atoms with E-state index in [1.165, 1.54) is 12.1 Å². The number of benzene rings is 2. The molecule has 0 aromatic heterocycles. The van der Waals surface area contributed by atoms with Crippen molar-refractivity contribution < 1.29 is 13.9 Å². The molecule has 1 saturated heterocycles. The van der Waals surface area contributed by atoms with E-state index in [1.807, 2.05) is 24.3 Å². The van der Waals surface area contributed by atoms with Gasteiger partial charge < -0.3 is 15.0 Å². The molecule has 1 aliphatic heterocycles. The van der Waals surface area contributed by atoms with Crippen molar-refractivity contribution in [1.82, 2.24) is 0 Å². The normalized spacial score (nSPS) is 16.5. The van der Waals surface area contributed by atoms with Gasteiger partial charge >= 0.3 is 0 Å². The first-order valence-electron chi connectivity index (χ1n) is 8.44. The van der Waals surface area contributed by atoms with Crippen LogP contribution in [0.5, 0.6) is 0 Å². The zero-order valence-electron chi connectivity index (χ0n) is 14.6. The predicted molar refractivity (Wildman–Crippen MR) is 97.4 cm³/mol. The third kappa shape index (κ3) is 4.37. The number of ether oxygens (including phenoxy) is 1. The predicted octanol–water partition coefficient (Wildman–Crippen LogP) is 3.62. The Hall–Kier alpha value is -2.40. The van der Waals surface area contributed by atoms with Gasteiger partial charge in [0.1, 0.15) is 5.82 Å². The molecule has 0 radical (unpaired) electrons. The van der Waals surface area contributed by atoms with Gasteiger partial charge in [-0.1, -0.05) is 12.1 Å². The second kappa shape index (κ2) is 7.23. The molecule has 1 aliphatic rings. The fraction of sp³-hybridized carbons (Fsp3) is 0.350. The van der Waals surface area contributed by atoms with Crippen LogP contribution in [0.2, 0.25) is 0 Å². The van der Waals surface area contributed by atoms with Gasteiger partial charge in [-0.2, -0.15) is 0 Å². The fourth-order valence-electron chi connectivity index (χ4n) is 3.05. The number of hydrogen-bond donors (Lipinski definition) is 1. The third-order valence-electron chi connectivity index (χ3n) is 4.39. The highest BCUT2D eigenvalue weighted by Crippen LogP contribution is 2.27. The number of morpholine rings is 1. The van der Waals surface area contributed by atoms with E-state index in [4.69, 9.17) is 4.74 Å². The van der Waals surface area contributed by atoms with E-state index in [9.17, 15) is 9.18 Å². The lowest BCUT2D eigenvalue weighted by Gasteiger charge is -2.43. The Balaban J connectivity index is 1.62. The molecule has 0 aliphatic carbocycles. The van der Waals surface area contributed by atoms with Crippen LogP contribution in [0.3, 0.4) is 0 Å². The van der Waals surface area contributed by atoms with Crippen molar-refractivity contribution >= 4 is 17.3 Å². The molecule has 132 valence electrons. The van der Waals surface area contributed by atoms with E-state index < -0.39 is 0 Å². The highest BCUT2D eigenvalue weighted by atomic mass is 19.1. The standard InChI is InChI=1S/C20H23FN2O2/c1-20(2)14-25-12-11-23(20)18-9-7-17(8-10-18)22-19(24)13-15-3-5-16(21)6-4-15/h3-10H,11-14H2,1-2H3,(H,22,24). The average molecular weight is 342 g/mol. The molecule has 2 aromatic carbocycles. The Kier molecular flexibility index (Phi) is 5.04. The number of anilines is 2.